The highest BCUT2D eigenvalue weighted by Crippen LogP contribution is 2.27. The van der Waals surface area contributed by atoms with Gasteiger partial charge in [0.1, 0.15) is 12.0 Å². The molecule has 7 nitrogen and oxygen atoms in total. The number of ether oxygens (including phenoxy) is 1. The molecule has 0 aliphatic carbocycles. The van der Waals surface area contributed by atoms with Crippen molar-refractivity contribution in [2.24, 2.45) is 0 Å². The maximum absolute atomic E-state index is 11.4. The van der Waals surface area contributed by atoms with Crippen LogP contribution in [-0.2, 0) is 11.3 Å². The Morgan fingerprint density at radius 3 is 2.57 bits per heavy atom. The fraction of sp³-hybridized carbons (Fsp3) is 0.200. The van der Waals surface area contributed by atoms with Gasteiger partial charge in [0, 0.05) is 19.7 Å². The number of anilines is 1. The summed E-state index contributed by atoms with van der Waals surface area (Å²) in [4.78, 5) is 27.3. The summed E-state index contributed by atoms with van der Waals surface area (Å²) in [5.41, 5.74) is 1.23. The summed E-state index contributed by atoms with van der Waals surface area (Å²) in [5, 5.41) is 10.9. The van der Waals surface area contributed by atoms with Gasteiger partial charge in [-0.3, -0.25) is 10.1 Å². The van der Waals surface area contributed by atoms with Gasteiger partial charge in [0.25, 0.3) is 5.69 Å². The number of benzene rings is 1. The van der Waals surface area contributed by atoms with Crippen LogP contribution in [0.4, 0.5) is 11.5 Å². The summed E-state index contributed by atoms with van der Waals surface area (Å²) >= 11 is 6.05. The molecule has 0 bridgehead atoms. The van der Waals surface area contributed by atoms with E-state index in [-0.39, 0.29) is 10.7 Å². The van der Waals surface area contributed by atoms with Crippen molar-refractivity contribution in [2.45, 2.75) is 6.54 Å². The quantitative estimate of drug-likeness (QED) is 0.474. The van der Waals surface area contributed by atoms with Crippen LogP contribution in [0.3, 0.4) is 0 Å². The second-order valence-electron chi connectivity index (χ2n) is 4.80. The topological polar surface area (TPSA) is 85.6 Å². The SMILES string of the molecule is COC(=O)c1ccc(CN(C)c2ncc([N+](=O)[O-])cc2Cl)cc1. The van der Waals surface area contributed by atoms with E-state index < -0.39 is 10.9 Å². The summed E-state index contributed by atoms with van der Waals surface area (Å²) in [7, 11) is 3.10. The molecular formula is C15H14ClN3O4. The third-order valence-electron chi connectivity index (χ3n) is 3.17. The highest BCUT2D eigenvalue weighted by atomic mass is 35.5. The molecule has 0 fully saturated rings. The van der Waals surface area contributed by atoms with E-state index in [4.69, 9.17) is 11.6 Å². The Balaban J connectivity index is 2.14. The lowest BCUT2D eigenvalue weighted by Gasteiger charge is -2.19. The molecule has 2 aromatic rings. The Bertz CT molecular complexity index is 734. The van der Waals surface area contributed by atoms with Crippen LogP contribution in [0.15, 0.2) is 36.5 Å². The lowest BCUT2D eigenvalue weighted by Crippen LogP contribution is -2.18. The second-order valence-corrected chi connectivity index (χ2v) is 5.21. The number of carbonyl (C=O) groups is 1. The zero-order chi connectivity index (χ0) is 17.0. The van der Waals surface area contributed by atoms with Gasteiger partial charge in [-0.2, -0.15) is 0 Å². The van der Waals surface area contributed by atoms with Gasteiger partial charge < -0.3 is 9.64 Å². The number of hydrogen-bond donors (Lipinski definition) is 0. The number of nitro groups is 1. The normalized spacial score (nSPS) is 10.2. The van der Waals surface area contributed by atoms with Crippen LogP contribution in [-0.4, -0.2) is 30.0 Å². The van der Waals surface area contributed by atoms with Gasteiger partial charge >= 0.3 is 5.97 Å². The zero-order valence-electron chi connectivity index (χ0n) is 12.5. The summed E-state index contributed by atoms with van der Waals surface area (Å²) in [5.74, 6) is 0.0410. The first kappa shape index (κ1) is 16.7. The first-order valence-electron chi connectivity index (χ1n) is 6.60. The van der Waals surface area contributed by atoms with Gasteiger partial charge in [-0.15, -0.1) is 0 Å². The van der Waals surface area contributed by atoms with E-state index in [1.165, 1.54) is 13.2 Å². The van der Waals surface area contributed by atoms with Crippen molar-refractivity contribution in [3.63, 3.8) is 0 Å². The summed E-state index contributed by atoms with van der Waals surface area (Å²) in [6, 6.07) is 8.19. The maximum atomic E-state index is 11.4. The fourth-order valence-electron chi connectivity index (χ4n) is 2.01. The van der Waals surface area contributed by atoms with Gasteiger partial charge in [0.05, 0.1) is 22.6 Å². The van der Waals surface area contributed by atoms with Crippen LogP contribution in [0.2, 0.25) is 5.02 Å². The monoisotopic (exact) mass is 335 g/mol. The molecule has 1 heterocycles. The van der Waals surface area contributed by atoms with E-state index in [2.05, 4.69) is 9.72 Å². The Labute approximate surface area is 137 Å². The third-order valence-corrected chi connectivity index (χ3v) is 3.45. The number of esters is 1. The molecule has 0 aliphatic rings. The fourth-order valence-corrected chi connectivity index (χ4v) is 2.32. The minimum Gasteiger partial charge on any atom is -0.465 e. The van der Waals surface area contributed by atoms with Crippen LogP contribution in [0.1, 0.15) is 15.9 Å². The third kappa shape index (κ3) is 3.95. The Morgan fingerprint density at radius 1 is 1.39 bits per heavy atom. The molecule has 0 amide bonds. The molecule has 1 aromatic heterocycles. The number of methoxy groups -OCH3 is 1. The molecule has 0 saturated carbocycles. The zero-order valence-corrected chi connectivity index (χ0v) is 13.3. The first-order chi connectivity index (χ1) is 10.9. The van der Waals surface area contributed by atoms with Gasteiger partial charge in [-0.05, 0) is 17.7 Å². The number of pyridine rings is 1. The highest BCUT2D eigenvalue weighted by molar-refractivity contribution is 6.33. The Hall–Kier alpha value is -2.67. The van der Waals surface area contributed by atoms with Gasteiger partial charge in [-0.25, -0.2) is 9.78 Å². The van der Waals surface area contributed by atoms with E-state index in [0.29, 0.717) is 17.9 Å². The van der Waals surface area contributed by atoms with Crippen molar-refractivity contribution in [3.05, 3.63) is 62.8 Å². The van der Waals surface area contributed by atoms with Gasteiger partial charge in [0.2, 0.25) is 0 Å². The molecule has 23 heavy (non-hydrogen) atoms. The van der Waals surface area contributed by atoms with E-state index >= 15 is 0 Å². The molecule has 2 rings (SSSR count). The summed E-state index contributed by atoms with van der Waals surface area (Å²) < 4.78 is 4.64. The highest BCUT2D eigenvalue weighted by Gasteiger charge is 2.14. The number of rotatable bonds is 5. The summed E-state index contributed by atoms with van der Waals surface area (Å²) in [6.45, 7) is 0.478. The van der Waals surface area contributed by atoms with Crippen LogP contribution < -0.4 is 4.90 Å². The average Bonchev–Trinajstić information content (AvgIpc) is 2.54. The van der Waals surface area contributed by atoms with E-state index in [9.17, 15) is 14.9 Å². The smallest absolute Gasteiger partial charge is 0.337 e. The van der Waals surface area contributed by atoms with E-state index in [0.717, 1.165) is 11.8 Å². The molecule has 0 N–H and O–H groups in total. The number of nitrogens with zero attached hydrogens (tertiary/aromatic N) is 3. The van der Waals surface area contributed by atoms with Crippen molar-refractivity contribution in [1.82, 2.24) is 4.98 Å². The van der Waals surface area contributed by atoms with Crippen molar-refractivity contribution in [2.75, 3.05) is 19.1 Å². The van der Waals surface area contributed by atoms with Crippen molar-refractivity contribution in [3.8, 4) is 0 Å². The molecule has 120 valence electrons. The number of aromatic nitrogens is 1. The average molecular weight is 336 g/mol. The van der Waals surface area contributed by atoms with Crippen molar-refractivity contribution < 1.29 is 14.5 Å². The molecule has 0 radical (unpaired) electrons. The predicted molar refractivity (Wildman–Crippen MR) is 85.8 cm³/mol. The minimum absolute atomic E-state index is 0.158. The van der Waals surface area contributed by atoms with Crippen molar-refractivity contribution >= 4 is 29.1 Å². The molecule has 8 heteroatoms. The number of halogens is 1. The van der Waals surface area contributed by atoms with E-state index in [1.54, 1.807) is 36.2 Å². The number of carbonyl (C=O) groups excluding carboxylic acids is 1. The predicted octanol–water partition coefficient (Wildman–Crippen LogP) is 3.07. The number of hydrogen-bond acceptors (Lipinski definition) is 6. The van der Waals surface area contributed by atoms with Gasteiger partial charge in [0.15, 0.2) is 0 Å². The minimum atomic E-state index is -0.547. The molecule has 0 saturated heterocycles. The lowest BCUT2D eigenvalue weighted by atomic mass is 10.1. The van der Waals surface area contributed by atoms with E-state index in [1.807, 2.05) is 0 Å². The van der Waals surface area contributed by atoms with Crippen LogP contribution >= 0.6 is 11.6 Å². The van der Waals surface area contributed by atoms with Crippen molar-refractivity contribution in [1.29, 1.82) is 0 Å². The second kappa shape index (κ2) is 7.06. The van der Waals surface area contributed by atoms with Crippen LogP contribution in [0, 0.1) is 10.1 Å². The van der Waals surface area contributed by atoms with Crippen LogP contribution in [0.25, 0.3) is 0 Å². The standard InChI is InChI=1S/C15H14ClN3O4/c1-18(14-13(16)7-12(8-17-14)19(21)22)9-10-3-5-11(6-4-10)15(20)23-2/h3-8H,9H2,1-2H3. The lowest BCUT2D eigenvalue weighted by molar-refractivity contribution is -0.385. The first-order valence-corrected chi connectivity index (χ1v) is 6.98. The van der Waals surface area contributed by atoms with Gasteiger partial charge in [-0.1, -0.05) is 23.7 Å². The molecule has 0 aliphatic heterocycles. The molecule has 0 unspecified atom stereocenters. The largest absolute Gasteiger partial charge is 0.465 e. The molecule has 0 spiro atoms. The summed E-state index contributed by atoms with van der Waals surface area (Å²) in [6.07, 6.45) is 1.16. The molecular weight excluding hydrogens is 322 g/mol. The maximum Gasteiger partial charge on any atom is 0.337 e. The molecule has 1 aromatic carbocycles. The Kier molecular flexibility index (Phi) is 5.13. The van der Waals surface area contributed by atoms with Crippen LogP contribution in [0.5, 0.6) is 0 Å². The molecule has 0 atom stereocenters. The Morgan fingerprint density at radius 2 is 2.04 bits per heavy atom.